The molecule has 2 heterocycles. The van der Waals surface area contributed by atoms with Crippen LogP contribution in [0.1, 0.15) is 50.0 Å². The zero-order valence-electron chi connectivity index (χ0n) is 19.8. The van der Waals surface area contributed by atoms with Crippen LogP contribution in [0.5, 0.6) is 6.01 Å². The lowest BCUT2D eigenvalue weighted by molar-refractivity contribution is -0.143. The van der Waals surface area contributed by atoms with Gasteiger partial charge in [-0.1, -0.05) is 35.9 Å². The first-order valence-corrected chi connectivity index (χ1v) is 12.4. The molecule has 0 bridgehead atoms. The summed E-state index contributed by atoms with van der Waals surface area (Å²) >= 11 is 6.56. The number of aliphatic carboxylic acids is 1. The number of nitrogens with zero attached hydrogens (tertiary/aromatic N) is 3. The van der Waals surface area contributed by atoms with Crippen LogP contribution >= 0.6 is 11.6 Å². The summed E-state index contributed by atoms with van der Waals surface area (Å²) in [6.07, 6.45) is 4.55. The van der Waals surface area contributed by atoms with Crippen LogP contribution in [0.15, 0.2) is 30.3 Å². The van der Waals surface area contributed by atoms with Gasteiger partial charge < -0.3 is 19.7 Å². The van der Waals surface area contributed by atoms with Crippen molar-refractivity contribution in [3.63, 3.8) is 0 Å². The van der Waals surface area contributed by atoms with Gasteiger partial charge in [-0.3, -0.25) is 9.59 Å². The fourth-order valence-electron chi connectivity index (χ4n) is 5.13. The van der Waals surface area contributed by atoms with E-state index in [1.54, 1.807) is 25.1 Å². The summed E-state index contributed by atoms with van der Waals surface area (Å²) in [7, 11) is 3.53. The van der Waals surface area contributed by atoms with Crippen LogP contribution in [0.25, 0.3) is 22.4 Å². The molecular weight excluding hydrogens is 468 g/mol. The zero-order valence-corrected chi connectivity index (χ0v) is 20.6. The van der Waals surface area contributed by atoms with Gasteiger partial charge in [-0.25, -0.2) is 4.98 Å². The molecule has 1 amide bonds. The van der Waals surface area contributed by atoms with Gasteiger partial charge in [-0.15, -0.1) is 0 Å². The van der Waals surface area contributed by atoms with E-state index in [0.29, 0.717) is 46.7 Å². The molecule has 0 spiro atoms. The van der Waals surface area contributed by atoms with E-state index in [-0.39, 0.29) is 23.8 Å². The van der Waals surface area contributed by atoms with Gasteiger partial charge in [0.15, 0.2) is 5.65 Å². The van der Waals surface area contributed by atoms with Crippen LogP contribution in [0.3, 0.4) is 0 Å². The molecule has 35 heavy (non-hydrogen) atoms. The Morgan fingerprint density at radius 2 is 1.74 bits per heavy atom. The molecule has 1 aromatic carbocycles. The first-order valence-electron chi connectivity index (χ1n) is 12.1. The summed E-state index contributed by atoms with van der Waals surface area (Å²) in [5.74, 6) is -0.372. The summed E-state index contributed by atoms with van der Waals surface area (Å²) in [4.78, 5) is 37.1. The lowest BCUT2D eigenvalue weighted by Gasteiger charge is -2.34. The van der Waals surface area contributed by atoms with Crippen molar-refractivity contribution in [3.8, 4) is 17.3 Å². The second-order valence-corrected chi connectivity index (χ2v) is 10.3. The topological polar surface area (TPSA) is 108 Å². The molecule has 0 unspecified atom stereocenters. The highest BCUT2D eigenvalue weighted by Gasteiger charge is 2.37. The predicted molar refractivity (Wildman–Crippen MR) is 133 cm³/mol. The summed E-state index contributed by atoms with van der Waals surface area (Å²) in [5.41, 5.74) is 3.99. The number of fused-ring (bicyclic) bond motifs is 1. The Labute approximate surface area is 208 Å². The molecule has 0 radical (unpaired) electrons. The van der Waals surface area contributed by atoms with Crippen molar-refractivity contribution in [3.05, 3.63) is 40.9 Å². The van der Waals surface area contributed by atoms with Gasteiger partial charge in [0.2, 0.25) is 5.91 Å². The fourth-order valence-corrected chi connectivity index (χ4v) is 5.39. The number of carboxylic acids is 1. The van der Waals surface area contributed by atoms with Gasteiger partial charge in [0, 0.05) is 25.6 Å². The number of halogens is 1. The second-order valence-electron chi connectivity index (χ2n) is 9.88. The average Bonchev–Trinajstić information content (AvgIpc) is 3.21. The van der Waals surface area contributed by atoms with Crippen molar-refractivity contribution >= 4 is 34.6 Å². The van der Waals surface area contributed by atoms with Crippen molar-refractivity contribution < 1.29 is 19.4 Å². The van der Waals surface area contributed by atoms with E-state index in [2.05, 4.69) is 27.1 Å². The van der Waals surface area contributed by atoms with Crippen LogP contribution in [0.2, 0.25) is 5.02 Å². The molecule has 2 fully saturated rings. The van der Waals surface area contributed by atoms with E-state index >= 15 is 0 Å². The van der Waals surface area contributed by atoms with Gasteiger partial charge in [0.25, 0.3) is 6.01 Å². The largest absolute Gasteiger partial charge is 0.481 e. The minimum atomic E-state index is -0.682. The van der Waals surface area contributed by atoms with Gasteiger partial charge >= 0.3 is 5.97 Å². The molecule has 2 aliphatic rings. The van der Waals surface area contributed by atoms with Crippen LogP contribution in [0, 0.1) is 11.8 Å². The van der Waals surface area contributed by atoms with E-state index in [4.69, 9.17) is 16.3 Å². The number of hydrogen-bond donors (Lipinski definition) is 2. The molecule has 5 rings (SSSR count). The highest BCUT2D eigenvalue weighted by Crippen LogP contribution is 2.37. The number of ether oxygens (including phenoxy) is 1. The van der Waals surface area contributed by atoms with Gasteiger partial charge in [0.05, 0.1) is 22.2 Å². The summed E-state index contributed by atoms with van der Waals surface area (Å²) in [6, 6.07) is 10.4. The zero-order chi connectivity index (χ0) is 24.7. The van der Waals surface area contributed by atoms with E-state index in [9.17, 15) is 14.7 Å². The van der Waals surface area contributed by atoms with Crippen molar-refractivity contribution in [1.82, 2.24) is 19.9 Å². The van der Waals surface area contributed by atoms with E-state index in [1.807, 2.05) is 12.1 Å². The third-order valence-electron chi connectivity index (χ3n) is 7.30. The Bertz CT molecular complexity index is 1240. The van der Waals surface area contributed by atoms with Crippen LogP contribution in [-0.2, 0) is 9.59 Å². The van der Waals surface area contributed by atoms with Crippen LogP contribution in [-0.4, -0.2) is 57.0 Å². The lowest BCUT2D eigenvalue weighted by Crippen LogP contribution is -2.43. The molecular formula is C26H29ClN4O4. The Kier molecular flexibility index (Phi) is 6.40. The summed E-state index contributed by atoms with van der Waals surface area (Å²) < 4.78 is 5.93. The monoisotopic (exact) mass is 496 g/mol. The number of aromatic amines is 1. The minimum absolute atomic E-state index is 0.00808. The number of H-pyrrole nitrogens is 1. The number of hydrogen-bond acceptors (Lipinski definition) is 5. The second kappa shape index (κ2) is 9.49. The molecule has 3 aromatic rings. The van der Waals surface area contributed by atoms with Crippen molar-refractivity contribution in [1.29, 1.82) is 0 Å². The number of carboxylic acid groups (broad SMARTS) is 1. The first kappa shape index (κ1) is 23.6. The molecule has 2 aliphatic carbocycles. The number of pyridine rings is 1. The SMILES string of the molecule is CN(C)C(=O)[C@H]1C[C@@H](Oc2nc3nc(-c4ccc([C@H]5CC[C@H](C(=O)O)CC5)cc4)c(Cl)cc3[nH]2)C1. The number of carbonyl (C=O) groups excluding carboxylic acids is 1. The maximum atomic E-state index is 12.0. The van der Waals surface area contributed by atoms with Crippen molar-refractivity contribution in [2.45, 2.75) is 50.5 Å². The Hall–Kier alpha value is -3.13. The molecule has 0 atom stereocenters. The summed E-state index contributed by atoms with van der Waals surface area (Å²) in [5, 5.41) is 9.74. The Morgan fingerprint density at radius 3 is 2.37 bits per heavy atom. The molecule has 9 heteroatoms. The van der Waals surface area contributed by atoms with E-state index in [1.165, 1.54) is 5.56 Å². The molecule has 8 nitrogen and oxygen atoms in total. The number of rotatable bonds is 6. The van der Waals surface area contributed by atoms with Crippen molar-refractivity contribution in [2.24, 2.45) is 11.8 Å². The van der Waals surface area contributed by atoms with E-state index in [0.717, 1.165) is 31.2 Å². The number of amides is 1. The number of imidazole rings is 1. The number of nitrogens with one attached hydrogen (secondary N) is 1. The maximum Gasteiger partial charge on any atom is 0.306 e. The fraction of sp³-hybridized carbons (Fsp3) is 0.462. The molecule has 184 valence electrons. The lowest BCUT2D eigenvalue weighted by atomic mass is 9.78. The smallest absolute Gasteiger partial charge is 0.306 e. The molecule has 0 aliphatic heterocycles. The normalized spacial score (nSPS) is 24.1. The Morgan fingerprint density at radius 1 is 1.06 bits per heavy atom. The first-order chi connectivity index (χ1) is 16.8. The van der Waals surface area contributed by atoms with E-state index < -0.39 is 5.97 Å². The van der Waals surface area contributed by atoms with Gasteiger partial charge in [0.1, 0.15) is 6.10 Å². The standard InChI is InChI=1S/C26H29ClN4O4/c1-31(2)24(32)18-11-19(12-18)35-26-28-21-13-20(27)22(29-23(21)30-26)16-7-3-14(4-8-16)15-5-9-17(10-6-15)25(33)34/h3-4,7-8,13,15,17-19H,5-6,9-12H2,1-2H3,(H,33,34)(H,28,29,30)/t15-,17-,18-,19+. The van der Waals surface area contributed by atoms with Crippen LogP contribution in [0.4, 0.5) is 0 Å². The predicted octanol–water partition coefficient (Wildman–Crippen LogP) is 4.88. The number of aromatic nitrogens is 3. The molecule has 2 N–H and O–H groups in total. The van der Waals surface area contributed by atoms with Crippen molar-refractivity contribution in [2.75, 3.05) is 14.1 Å². The highest BCUT2D eigenvalue weighted by molar-refractivity contribution is 6.33. The highest BCUT2D eigenvalue weighted by atomic mass is 35.5. The number of benzene rings is 1. The number of carbonyl (C=O) groups is 2. The molecule has 2 aromatic heterocycles. The van der Waals surface area contributed by atoms with Crippen LogP contribution < -0.4 is 4.74 Å². The average molecular weight is 497 g/mol. The third kappa shape index (κ3) is 4.85. The minimum Gasteiger partial charge on any atom is -0.481 e. The van der Waals surface area contributed by atoms with Gasteiger partial charge in [-0.05, 0) is 56.1 Å². The molecule has 0 saturated heterocycles. The summed E-state index contributed by atoms with van der Waals surface area (Å²) in [6.45, 7) is 0. The van der Waals surface area contributed by atoms with Gasteiger partial charge in [-0.2, -0.15) is 4.98 Å². The molecule has 2 saturated carbocycles. The Balaban J connectivity index is 1.26. The maximum absolute atomic E-state index is 12.0. The third-order valence-corrected chi connectivity index (χ3v) is 7.59. The quantitative estimate of drug-likeness (QED) is 0.503.